The lowest BCUT2D eigenvalue weighted by atomic mass is 10.4. The third-order valence-electron chi connectivity index (χ3n) is 2.33. The summed E-state index contributed by atoms with van der Waals surface area (Å²) in [6, 6.07) is -0.0270. The lowest BCUT2D eigenvalue weighted by Crippen LogP contribution is -2.16. The highest BCUT2D eigenvalue weighted by atomic mass is 32.2. The van der Waals surface area contributed by atoms with Crippen LogP contribution in [0.4, 0.5) is 11.6 Å². The second kappa shape index (κ2) is 6.12. The molecule has 0 amide bonds. The molecule has 1 aromatic rings. The fourth-order valence-electron chi connectivity index (χ4n) is 1.64. The number of nitrogens with one attached hydrogen (secondary N) is 1. The molecule has 0 atom stereocenters. The van der Waals surface area contributed by atoms with Crippen molar-refractivity contribution in [3.63, 3.8) is 0 Å². The standard InChI is InChI=1S/C11H20N4O4S/c1-5-19-8(16)6-15-10(12)9(20(4,17)18)11(14-15)13-7(2)3/h7H,5-6,12H2,1-4H3,(H,13,14). The molecule has 1 aromatic heterocycles. The number of rotatable bonds is 6. The van der Waals surface area contributed by atoms with Gasteiger partial charge in [-0.05, 0) is 20.8 Å². The van der Waals surface area contributed by atoms with E-state index in [4.69, 9.17) is 10.5 Å². The monoisotopic (exact) mass is 304 g/mol. The van der Waals surface area contributed by atoms with Crippen molar-refractivity contribution in [2.75, 3.05) is 23.9 Å². The molecular weight excluding hydrogens is 284 g/mol. The Balaban J connectivity index is 3.22. The Hall–Kier alpha value is -1.77. The molecule has 0 fully saturated rings. The molecular formula is C11H20N4O4S. The number of carbonyl (C=O) groups is 1. The lowest BCUT2D eigenvalue weighted by Gasteiger charge is -2.07. The molecule has 0 aromatic carbocycles. The van der Waals surface area contributed by atoms with Crippen LogP contribution in [0.15, 0.2) is 4.90 Å². The zero-order chi connectivity index (χ0) is 15.5. The van der Waals surface area contributed by atoms with Gasteiger partial charge in [0.15, 0.2) is 20.6 Å². The Bertz CT molecular complexity index is 592. The maximum absolute atomic E-state index is 11.8. The Morgan fingerprint density at radius 2 is 2.10 bits per heavy atom. The molecule has 0 aliphatic rings. The predicted octanol–water partition coefficient (Wildman–Crippen LogP) is 0.252. The van der Waals surface area contributed by atoms with Crippen molar-refractivity contribution in [3.05, 3.63) is 0 Å². The minimum atomic E-state index is -3.56. The van der Waals surface area contributed by atoms with Crippen LogP contribution in [0, 0.1) is 0 Å². The van der Waals surface area contributed by atoms with E-state index < -0.39 is 15.8 Å². The van der Waals surface area contributed by atoms with Crippen LogP contribution >= 0.6 is 0 Å². The van der Waals surface area contributed by atoms with Crippen LogP contribution in [0.3, 0.4) is 0 Å². The molecule has 1 heterocycles. The van der Waals surface area contributed by atoms with Crippen molar-refractivity contribution in [1.29, 1.82) is 0 Å². The SMILES string of the molecule is CCOC(=O)Cn1nc(NC(C)C)c(S(C)(=O)=O)c1N. The number of anilines is 2. The van der Waals surface area contributed by atoms with Crippen LogP contribution in [0.1, 0.15) is 20.8 Å². The van der Waals surface area contributed by atoms with Gasteiger partial charge in [-0.15, -0.1) is 0 Å². The zero-order valence-corrected chi connectivity index (χ0v) is 12.8. The maximum Gasteiger partial charge on any atom is 0.327 e. The van der Waals surface area contributed by atoms with Gasteiger partial charge in [0.1, 0.15) is 12.4 Å². The van der Waals surface area contributed by atoms with Gasteiger partial charge in [0.2, 0.25) is 0 Å². The van der Waals surface area contributed by atoms with Crippen LogP contribution in [0.2, 0.25) is 0 Å². The minimum Gasteiger partial charge on any atom is -0.465 e. The number of esters is 1. The van der Waals surface area contributed by atoms with Gasteiger partial charge >= 0.3 is 5.97 Å². The summed E-state index contributed by atoms with van der Waals surface area (Å²) < 4.78 is 29.5. The molecule has 0 saturated heterocycles. The fraction of sp³-hybridized carbons (Fsp3) is 0.636. The fourth-order valence-corrected chi connectivity index (χ4v) is 2.58. The first-order valence-electron chi connectivity index (χ1n) is 6.15. The third kappa shape index (κ3) is 3.86. The number of nitrogen functional groups attached to an aromatic ring is 1. The van der Waals surface area contributed by atoms with Gasteiger partial charge in [-0.2, -0.15) is 5.10 Å². The van der Waals surface area contributed by atoms with Crippen molar-refractivity contribution >= 4 is 27.4 Å². The van der Waals surface area contributed by atoms with E-state index in [1.54, 1.807) is 6.92 Å². The van der Waals surface area contributed by atoms with Gasteiger partial charge in [0, 0.05) is 12.3 Å². The van der Waals surface area contributed by atoms with Crippen molar-refractivity contribution in [2.45, 2.75) is 38.3 Å². The summed E-state index contributed by atoms with van der Waals surface area (Å²) in [7, 11) is -3.56. The first-order valence-corrected chi connectivity index (χ1v) is 8.04. The van der Waals surface area contributed by atoms with E-state index in [-0.39, 0.29) is 35.7 Å². The molecule has 0 bridgehead atoms. The third-order valence-corrected chi connectivity index (χ3v) is 3.47. The Kier molecular flexibility index (Phi) is 4.98. The smallest absolute Gasteiger partial charge is 0.327 e. The topological polar surface area (TPSA) is 116 Å². The second-order valence-corrected chi connectivity index (χ2v) is 6.55. The molecule has 114 valence electrons. The molecule has 3 N–H and O–H groups in total. The quantitative estimate of drug-likeness (QED) is 0.724. The molecule has 0 radical (unpaired) electrons. The summed E-state index contributed by atoms with van der Waals surface area (Å²) in [5.41, 5.74) is 5.78. The van der Waals surface area contributed by atoms with Gasteiger partial charge in [-0.3, -0.25) is 4.79 Å². The van der Waals surface area contributed by atoms with E-state index in [1.165, 1.54) is 0 Å². The van der Waals surface area contributed by atoms with Gasteiger partial charge in [0.25, 0.3) is 0 Å². The highest BCUT2D eigenvalue weighted by Gasteiger charge is 2.25. The summed E-state index contributed by atoms with van der Waals surface area (Å²) in [5, 5.41) is 6.94. The van der Waals surface area contributed by atoms with E-state index in [9.17, 15) is 13.2 Å². The Morgan fingerprint density at radius 1 is 1.50 bits per heavy atom. The van der Waals surface area contributed by atoms with Crippen LogP contribution < -0.4 is 11.1 Å². The van der Waals surface area contributed by atoms with Gasteiger partial charge in [-0.25, -0.2) is 13.1 Å². The number of hydrogen-bond acceptors (Lipinski definition) is 7. The summed E-state index contributed by atoms with van der Waals surface area (Å²) in [4.78, 5) is 11.3. The number of ether oxygens (including phenoxy) is 1. The summed E-state index contributed by atoms with van der Waals surface area (Å²) >= 11 is 0. The first-order chi connectivity index (χ1) is 9.16. The average molecular weight is 304 g/mol. The van der Waals surface area contributed by atoms with E-state index in [0.717, 1.165) is 10.9 Å². The van der Waals surface area contributed by atoms with E-state index >= 15 is 0 Å². The maximum atomic E-state index is 11.8. The highest BCUT2D eigenvalue weighted by molar-refractivity contribution is 7.91. The number of hydrogen-bond donors (Lipinski definition) is 2. The normalized spacial score (nSPS) is 11.7. The summed E-state index contributed by atoms with van der Waals surface area (Å²) in [6.07, 6.45) is 1.04. The van der Waals surface area contributed by atoms with Crippen LogP contribution in [0.5, 0.6) is 0 Å². The molecule has 0 saturated carbocycles. The summed E-state index contributed by atoms with van der Waals surface area (Å²) in [5.74, 6) is -0.467. The lowest BCUT2D eigenvalue weighted by molar-refractivity contribution is -0.143. The Labute approximate surface area is 118 Å². The molecule has 20 heavy (non-hydrogen) atoms. The van der Waals surface area contributed by atoms with Gasteiger partial charge < -0.3 is 15.8 Å². The number of aromatic nitrogens is 2. The summed E-state index contributed by atoms with van der Waals surface area (Å²) in [6.45, 7) is 5.36. The van der Waals surface area contributed by atoms with Crippen LogP contribution in [-0.4, -0.2) is 43.1 Å². The average Bonchev–Trinajstić information content (AvgIpc) is 2.53. The van der Waals surface area contributed by atoms with Gasteiger partial charge in [0.05, 0.1) is 6.61 Å². The van der Waals surface area contributed by atoms with Crippen molar-refractivity contribution < 1.29 is 17.9 Å². The predicted molar refractivity (Wildman–Crippen MR) is 75.1 cm³/mol. The molecule has 1 rings (SSSR count). The second-order valence-electron chi connectivity index (χ2n) is 4.60. The number of nitrogens with two attached hydrogens (primary N) is 1. The van der Waals surface area contributed by atoms with Crippen LogP contribution in [0.25, 0.3) is 0 Å². The first kappa shape index (κ1) is 16.3. The van der Waals surface area contributed by atoms with E-state index in [0.29, 0.717) is 0 Å². The molecule has 0 spiro atoms. The highest BCUT2D eigenvalue weighted by Crippen LogP contribution is 2.27. The van der Waals surface area contributed by atoms with Crippen molar-refractivity contribution in [2.24, 2.45) is 0 Å². The van der Waals surface area contributed by atoms with Gasteiger partial charge in [-0.1, -0.05) is 0 Å². The van der Waals surface area contributed by atoms with Crippen molar-refractivity contribution in [1.82, 2.24) is 9.78 Å². The largest absolute Gasteiger partial charge is 0.465 e. The minimum absolute atomic E-state index is 0.0270. The molecule has 9 heteroatoms. The number of nitrogens with zero attached hydrogens (tertiary/aromatic N) is 2. The molecule has 0 aliphatic carbocycles. The van der Waals surface area contributed by atoms with Crippen molar-refractivity contribution in [3.8, 4) is 0 Å². The van der Waals surface area contributed by atoms with E-state index in [1.807, 2.05) is 13.8 Å². The van der Waals surface area contributed by atoms with Crippen LogP contribution in [-0.2, 0) is 25.9 Å². The Morgan fingerprint density at radius 3 is 2.55 bits per heavy atom. The molecule has 8 nitrogen and oxygen atoms in total. The molecule has 0 unspecified atom stereocenters. The zero-order valence-electron chi connectivity index (χ0n) is 12.0. The number of carbonyl (C=O) groups excluding carboxylic acids is 1. The van der Waals surface area contributed by atoms with E-state index in [2.05, 4.69) is 10.4 Å². The number of sulfone groups is 1. The molecule has 0 aliphatic heterocycles.